The van der Waals surface area contributed by atoms with Gasteiger partial charge in [-0.05, 0) is 30.7 Å². The lowest BCUT2D eigenvalue weighted by Gasteiger charge is -2.15. The average molecular weight is 321 g/mol. The van der Waals surface area contributed by atoms with Crippen molar-refractivity contribution >= 4 is 13.8 Å². The summed E-state index contributed by atoms with van der Waals surface area (Å²) in [5, 5.41) is 4.22. The summed E-state index contributed by atoms with van der Waals surface area (Å²) in [7, 11) is -1.08. The average Bonchev–Trinajstić information content (AvgIpc) is 2.86. The quantitative estimate of drug-likeness (QED) is 0.499. The molecule has 1 aromatic heterocycles. The lowest BCUT2D eigenvalue weighted by molar-refractivity contribution is 0.0786. The molecule has 0 radical (unpaired) electrons. The SMILES string of the molecule is Cc1cc(-c2cnn(COCC[Si](C)(C)C)c2)c(F)cc1N. The Morgan fingerprint density at radius 1 is 1.32 bits per heavy atom. The number of nitrogens with two attached hydrogens (primary N) is 1. The van der Waals surface area contributed by atoms with Crippen molar-refractivity contribution in [1.29, 1.82) is 0 Å². The van der Waals surface area contributed by atoms with E-state index in [1.165, 1.54) is 6.07 Å². The van der Waals surface area contributed by atoms with E-state index >= 15 is 0 Å². The Kier molecular flexibility index (Phi) is 5.03. The van der Waals surface area contributed by atoms with Crippen molar-refractivity contribution in [3.63, 3.8) is 0 Å². The third kappa shape index (κ3) is 4.41. The van der Waals surface area contributed by atoms with Crippen LogP contribution < -0.4 is 5.73 Å². The Balaban J connectivity index is 2.01. The first-order valence-corrected chi connectivity index (χ1v) is 11.1. The van der Waals surface area contributed by atoms with Crippen molar-refractivity contribution in [2.45, 2.75) is 39.3 Å². The number of rotatable bonds is 6. The molecule has 0 atom stereocenters. The van der Waals surface area contributed by atoms with Crippen LogP contribution in [0.1, 0.15) is 5.56 Å². The molecule has 0 fully saturated rings. The molecule has 22 heavy (non-hydrogen) atoms. The molecule has 0 aliphatic rings. The summed E-state index contributed by atoms with van der Waals surface area (Å²) >= 11 is 0. The van der Waals surface area contributed by atoms with Crippen molar-refractivity contribution < 1.29 is 9.13 Å². The highest BCUT2D eigenvalue weighted by atomic mass is 28.3. The Morgan fingerprint density at radius 2 is 2.05 bits per heavy atom. The highest BCUT2D eigenvalue weighted by molar-refractivity contribution is 6.76. The normalized spacial score (nSPS) is 11.9. The Hall–Kier alpha value is -1.66. The first-order valence-electron chi connectivity index (χ1n) is 7.42. The van der Waals surface area contributed by atoms with Gasteiger partial charge < -0.3 is 10.5 Å². The maximum absolute atomic E-state index is 14.0. The molecule has 6 heteroatoms. The van der Waals surface area contributed by atoms with Gasteiger partial charge >= 0.3 is 0 Å². The monoisotopic (exact) mass is 321 g/mol. The van der Waals surface area contributed by atoms with Gasteiger partial charge in [-0.25, -0.2) is 9.07 Å². The second kappa shape index (κ2) is 6.62. The van der Waals surface area contributed by atoms with Crippen LogP contribution in [0.25, 0.3) is 11.1 Å². The van der Waals surface area contributed by atoms with E-state index in [4.69, 9.17) is 10.5 Å². The third-order valence-electron chi connectivity index (χ3n) is 3.52. The fraction of sp³-hybridized carbons (Fsp3) is 0.438. The van der Waals surface area contributed by atoms with Gasteiger partial charge in [0.25, 0.3) is 0 Å². The smallest absolute Gasteiger partial charge is 0.139 e. The van der Waals surface area contributed by atoms with Crippen LogP contribution in [-0.2, 0) is 11.5 Å². The summed E-state index contributed by atoms with van der Waals surface area (Å²) in [6.45, 7) is 9.93. The van der Waals surface area contributed by atoms with Gasteiger partial charge in [-0.2, -0.15) is 5.10 Å². The van der Waals surface area contributed by atoms with Gasteiger partial charge in [0.05, 0.1) is 6.20 Å². The number of aryl methyl sites for hydroxylation is 1. The van der Waals surface area contributed by atoms with Crippen LogP contribution in [0.3, 0.4) is 0 Å². The largest absolute Gasteiger partial charge is 0.398 e. The summed E-state index contributed by atoms with van der Waals surface area (Å²) in [5.41, 5.74) is 8.27. The van der Waals surface area contributed by atoms with Crippen molar-refractivity contribution in [1.82, 2.24) is 9.78 Å². The summed E-state index contributed by atoms with van der Waals surface area (Å²) in [6, 6.07) is 4.22. The van der Waals surface area contributed by atoms with Crippen LogP contribution >= 0.6 is 0 Å². The zero-order valence-electron chi connectivity index (χ0n) is 13.7. The van der Waals surface area contributed by atoms with E-state index in [1.54, 1.807) is 23.1 Å². The third-order valence-corrected chi connectivity index (χ3v) is 5.22. The van der Waals surface area contributed by atoms with E-state index in [-0.39, 0.29) is 5.82 Å². The predicted molar refractivity (Wildman–Crippen MR) is 90.9 cm³/mol. The molecule has 0 saturated heterocycles. The second-order valence-corrected chi connectivity index (χ2v) is 12.4. The molecule has 0 saturated carbocycles. The van der Waals surface area contributed by atoms with Gasteiger partial charge in [0, 0.05) is 37.7 Å². The zero-order valence-corrected chi connectivity index (χ0v) is 14.7. The minimum absolute atomic E-state index is 0.331. The van der Waals surface area contributed by atoms with Crippen LogP contribution in [0.15, 0.2) is 24.5 Å². The number of nitrogen functional groups attached to an aromatic ring is 1. The Labute approximate surface area is 132 Å². The molecule has 1 aromatic carbocycles. The predicted octanol–water partition coefficient (Wildman–Crippen LogP) is 3.89. The van der Waals surface area contributed by atoms with E-state index < -0.39 is 8.07 Å². The number of anilines is 1. The topological polar surface area (TPSA) is 53.1 Å². The molecule has 4 nitrogen and oxygen atoms in total. The molecule has 0 aliphatic carbocycles. The van der Waals surface area contributed by atoms with E-state index in [9.17, 15) is 4.39 Å². The van der Waals surface area contributed by atoms with Crippen molar-refractivity contribution in [3.8, 4) is 11.1 Å². The van der Waals surface area contributed by atoms with Gasteiger partial charge in [-0.1, -0.05) is 19.6 Å². The number of hydrogen-bond donors (Lipinski definition) is 1. The molecule has 0 unspecified atom stereocenters. The zero-order chi connectivity index (χ0) is 16.3. The van der Waals surface area contributed by atoms with E-state index in [0.29, 0.717) is 18.0 Å². The number of benzene rings is 1. The number of aromatic nitrogens is 2. The van der Waals surface area contributed by atoms with Gasteiger partial charge in [0.2, 0.25) is 0 Å². The van der Waals surface area contributed by atoms with Crippen molar-refractivity contribution in [2.75, 3.05) is 12.3 Å². The van der Waals surface area contributed by atoms with Gasteiger partial charge in [-0.3, -0.25) is 0 Å². The van der Waals surface area contributed by atoms with E-state index in [1.807, 2.05) is 6.92 Å². The highest BCUT2D eigenvalue weighted by Crippen LogP contribution is 2.26. The lowest BCUT2D eigenvalue weighted by Crippen LogP contribution is -2.22. The Bertz CT molecular complexity index is 649. The lowest BCUT2D eigenvalue weighted by atomic mass is 10.0. The molecule has 2 aromatic rings. The standard InChI is InChI=1S/C16H24FN3OSi/c1-12-7-14(15(17)8-16(12)18)13-9-19-20(10-13)11-21-5-6-22(2,3)4/h7-10H,5-6,11,18H2,1-4H3. The minimum atomic E-state index is -1.08. The van der Waals surface area contributed by atoms with Crippen LogP contribution in [-0.4, -0.2) is 24.5 Å². The van der Waals surface area contributed by atoms with Crippen molar-refractivity contribution in [3.05, 3.63) is 35.9 Å². The molecule has 120 valence electrons. The Morgan fingerprint density at radius 3 is 2.73 bits per heavy atom. The number of halogens is 1. The van der Waals surface area contributed by atoms with Gasteiger partial charge in [0.15, 0.2) is 0 Å². The molecule has 2 N–H and O–H groups in total. The molecule has 0 bridgehead atoms. The van der Waals surface area contributed by atoms with Gasteiger partial charge in [-0.15, -0.1) is 0 Å². The maximum atomic E-state index is 14.0. The van der Waals surface area contributed by atoms with E-state index in [2.05, 4.69) is 24.7 Å². The summed E-state index contributed by atoms with van der Waals surface area (Å²) < 4.78 is 21.3. The highest BCUT2D eigenvalue weighted by Gasteiger charge is 2.13. The van der Waals surface area contributed by atoms with Gasteiger partial charge in [0.1, 0.15) is 12.5 Å². The van der Waals surface area contributed by atoms with Crippen LogP contribution in [0, 0.1) is 12.7 Å². The molecule has 0 amide bonds. The first kappa shape index (κ1) is 16.7. The molecule has 0 spiro atoms. The summed E-state index contributed by atoms with van der Waals surface area (Å²) in [6.07, 6.45) is 3.44. The molecular weight excluding hydrogens is 297 g/mol. The fourth-order valence-electron chi connectivity index (χ4n) is 2.03. The number of nitrogens with zero attached hydrogens (tertiary/aromatic N) is 2. The minimum Gasteiger partial charge on any atom is -0.398 e. The fourth-order valence-corrected chi connectivity index (χ4v) is 2.78. The maximum Gasteiger partial charge on any atom is 0.139 e. The number of ether oxygens (including phenoxy) is 1. The first-order chi connectivity index (χ1) is 10.3. The van der Waals surface area contributed by atoms with Crippen LogP contribution in [0.4, 0.5) is 10.1 Å². The van der Waals surface area contributed by atoms with Crippen LogP contribution in [0.5, 0.6) is 0 Å². The summed E-state index contributed by atoms with van der Waals surface area (Å²) in [5.74, 6) is -0.331. The van der Waals surface area contributed by atoms with Crippen molar-refractivity contribution in [2.24, 2.45) is 0 Å². The molecular formula is C16H24FN3OSi. The molecule has 0 aliphatic heterocycles. The molecule has 2 rings (SSSR count). The second-order valence-electron chi connectivity index (χ2n) is 6.81. The number of hydrogen-bond acceptors (Lipinski definition) is 3. The molecule has 1 heterocycles. The summed E-state index contributed by atoms with van der Waals surface area (Å²) in [4.78, 5) is 0. The van der Waals surface area contributed by atoms with Crippen LogP contribution in [0.2, 0.25) is 25.7 Å². The van der Waals surface area contributed by atoms with E-state index in [0.717, 1.165) is 23.8 Å².